The Morgan fingerprint density at radius 1 is 1.20 bits per heavy atom. The Hall–Kier alpha value is -3.63. The number of alkyl halides is 2. The zero-order valence-corrected chi connectivity index (χ0v) is 19.8. The van der Waals surface area contributed by atoms with Gasteiger partial charge in [0.1, 0.15) is 5.82 Å². The van der Waals surface area contributed by atoms with E-state index < -0.39 is 40.5 Å². The maximum atomic E-state index is 14.7. The molecule has 0 bridgehead atoms. The molecule has 1 N–H and O–H groups in total. The van der Waals surface area contributed by atoms with Crippen molar-refractivity contribution >= 4 is 22.5 Å². The minimum absolute atomic E-state index is 0.0137. The van der Waals surface area contributed by atoms with E-state index in [9.17, 15) is 27.6 Å². The summed E-state index contributed by atoms with van der Waals surface area (Å²) < 4.78 is 43.6. The third-order valence-corrected chi connectivity index (χ3v) is 6.68. The van der Waals surface area contributed by atoms with Crippen molar-refractivity contribution < 1.29 is 18.0 Å². The van der Waals surface area contributed by atoms with Gasteiger partial charge in [-0.1, -0.05) is 18.2 Å². The number of benzene rings is 1. The first-order valence-corrected chi connectivity index (χ1v) is 11.2. The number of anilines is 1. The molecule has 4 rings (SSSR count). The maximum absolute atomic E-state index is 14.7. The predicted octanol–water partition coefficient (Wildman–Crippen LogP) is 3.31. The highest BCUT2D eigenvalue weighted by Crippen LogP contribution is 2.32. The number of likely N-dealkylation sites (tertiary alicyclic amines) is 1. The average molecular weight is 489 g/mol. The van der Waals surface area contributed by atoms with E-state index in [1.807, 2.05) is 6.92 Å². The first-order chi connectivity index (χ1) is 16.4. The molecule has 0 aliphatic carbocycles. The lowest BCUT2D eigenvalue weighted by Gasteiger charge is -2.28. The number of hydrogen-bond donors (Lipinski definition) is 1. The topological polar surface area (TPSA) is 89.2 Å². The molecule has 3 aromatic rings. The molecule has 1 fully saturated rings. The Morgan fingerprint density at radius 2 is 1.89 bits per heavy atom. The van der Waals surface area contributed by atoms with Crippen molar-refractivity contribution in [3.05, 3.63) is 68.1 Å². The van der Waals surface area contributed by atoms with Crippen molar-refractivity contribution in [2.75, 3.05) is 18.4 Å². The minimum atomic E-state index is -2.96. The molecule has 2 aromatic heterocycles. The van der Waals surface area contributed by atoms with Crippen LogP contribution in [0.5, 0.6) is 0 Å². The summed E-state index contributed by atoms with van der Waals surface area (Å²) in [7, 11) is 1.42. The molecule has 0 spiro atoms. The lowest BCUT2D eigenvalue weighted by atomic mass is 10.0. The minimum Gasteiger partial charge on any atom is -0.361 e. The molecule has 186 valence electrons. The Balaban J connectivity index is 1.82. The summed E-state index contributed by atoms with van der Waals surface area (Å²) >= 11 is 0. The second kappa shape index (κ2) is 8.86. The van der Waals surface area contributed by atoms with E-state index in [2.05, 4.69) is 10.4 Å². The molecule has 3 heterocycles. The quantitative estimate of drug-likeness (QED) is 0.594. The first kappa shape index (κ1) is 24.5. The van der Waals surface area contributed by atoms with Crippen LogP contribution in [0, 0.1) is 5.82 Å². The molecule has 2 atom stereocenters. The third kappa shape index (κ3) is 4.30. The molecule has 0 radical (unpaired) electrons. The summed E-state index contributed by atoms with van der Waals surface area (Å²) in [5.74, 6) is -0.922. The highest BCUT2D eigenvalue weighted by molar-refractivity contribution is 5.90. The van der Waals surface area contributed by atoms with Crippen LogP contribution in [0.3, 0.4) is 0 Å². The fourth-order valence-corrected chi connectivity index (χ4v) is 4.62. The SMILES string of the molecule is CC(=O)N1CC[C@](C)(n2cc3c(N[C@H](C)c4cccc(C(F)F)c4F)nn(C)c(=O)c3cc2=O)C1. The molecule has 0 saturated carbocycles. The van der Waals surface area contributed by atoms with Crippen LogP contribution in [0.1, 0.15) is 50.8 Å². The highest BCUT2D eigenvalue weighted by Gasteiger charge is 2.37. The van der Waals surface area contributed by atoms with Crippen molar-refractivity contribution in [2.24, 2.45) is 7.05 Å². The van der Waals surface area contributed by atoms with E-state index in [-0.39, 0.29) is 22.7 Å². The zero-order chi connectivity index (χ0) is 25.7. The van der Waals surface area contributed by atoms with Crippen LogP contribution in [0.15, 0.2) is 40.1 Å². The van der Waals surface area contributed by atoms with Gasteiger partial charge < -0.3 is 14.8 Å². The van der Waals surface area contributed by atoms with Crippen molar-refractivity contribution in [1.29, 1.82) is 0 Å². The number of nitrogens with one attached hydrogen (secondary N) is 1. The number of pyridine rings is 1. The lowest BCUT2D eigenvalue weighted by Crippen LogP contribution is -2.41. The van der Waals surface area contributed by atoms with Gasteiger partial charge in [0.2, 0.25) is 5.91 Å². The molecule has 1 aromatic carbocycles. The molecule has 35 heavy (non-hydrogen) atoms. The molecule has 11 heteroatoms. The predicted molar refractivity (Wildman–Crippen MR) is 125 cm³/mol. The largest absolute Gasteiger partial charge is 0.361 e. The zero-order valence-electron chi connectivity index (χ0n) is 19.8. The van der Waals surface area contributed by atoms with E-state index >= 15 is 0 Å². The van der Waals surface area contributed by atoms with E-state index in [1.165, 1.54) is 42.9 Å². The van der Waals surface area contributed by atoms with Gasteiger partial charge in [-0.05, 0) is 20.3 Å². The second-order valence-electron chi connectivity index (χ2n) is 9.19. The number of halogens is 3. The number of carbonyl (C=O) groups excluding carboxylic acids is 1. The van der Waals surface area contributed by atoms with E-state index in [0.717, 1.165) is 10.7 Å². The van der Waals surface area contributed by atoms with Gasteiger partial charge in [0.25, 0.3) is 17.5 Å². The summed E-state index contributed by atoms with van der Waals surface area (Å²) in [6.45, 7) is 5.74. The monoisotopic (exact) mass is 489 g/mol. The second-order valence-corrected chi connectivity index (χ2v) is 9.19. The van der Waals surface area contributed by atoms with Crippen molar-refractivity contribution in [3.8, 4) is 0 Å². The van der Waals surface area contributed by atoms with Gasteiger partial charge in [-0.15, -0.1) is 0 Å². The highest BCUT2D eigenvalue weighted by atomic mass is 19.3. The normalized spacial score (nSPS) is 18.9. The fourth-order valence-electron chi connectivity index (χ4n) is 4.62. The molecular weight excluding hydrogens is 463 g/mol. The number of nitrogens with zero attached hydrogens (tertiary/aromatic N) is 4. The fraction of sp³-hybridized carbons (Fsp3) is 0.417. The van der Waals surface area contributed by atoms with Gasteiger partial charge in [-0.2, -0.15) is 5.10 Å². The van der Waals surface area contributed by atoms with Crippen molar-refractivity contribution in [2.45, 2.75) is 45.2 Å². The van der Waals surface area contributed by atoms with Crippen LogP contribution < -0.4 is 16.4 Å². The Bertz CT molecular complexity index is 1430. The summed E-state index contributed by atoms with van der Waals surface area (Å²) in [6.07, 6.45) is -0.896. The van der Waals surface area contributed by atoms with Gasteiger partial charge in [0.05, 0.1) is 22.5 Å². The van der Waals surface area contributed by atoms with Gasteiger partial charge in [-0.3, -0.25) is 14.4 Å². The van der Waals surface area contributed by atoms with Gasteiger partial charge in [0, 0.05) is 50.3 Å². The van der Waals surface area contributed by atoms with Gasteiger partial charge in [-0.25, -0.2) is 17.9 Å². The first-order valence-electron chi connectivity index (χ1n) is 11.2. The third-order valence-electron chi connectivity index (χ3n) is 6.68. The summed E-state index contributed by atoms with van der Waals surface area (Å²) in [6, 6.07) is 4.23. The Kier molecular flexibility index (Phi) is 6.20. The number of aryl methyl sites for hydroxylation is 1. The Labute approximate surface area is 199 Å². The van der Waals surface area contributed by atoms with Gasteiger partial charge in [0.15, 0.2) is 5.82 Å². The summed E-state index contributed by atoms with van der Waals surface area (Å²) in [5.41, 5.74) is -2.27. The van der Waals surface area contributed by atoms with E-state index in [1.54, 1.807) is 11.8 Å². The van der Waals surface area contributed by atoms with Crippen LogP contribution >= 0.6 is 0 Å². The summed E-state index contributed by atoms with van der Waals surface area (Å²) in [5, 5.41) is 7.72. The maximum Gasteiger partial charge on any atom is 0.274 e. The molecular formula is C24H26F3N5O3. The number of rotatable bonds is 5. The molecule has 1 aliphatic heterocycles. The molecule has 0 unspecified atom stereocenters. The van der Waals surface area contributed by atoms with Crippen molar-refractivity contribution in [3.63, 3.8) is 0 Å². The molecule has 8 nitrogen and oxygen atoms in total. The number of carbonyl (C=O) groups is 1. The number of amides is 1. The van der Waals surface area contributed by atoms with E-state index in [0.29, 0.717) is 24.9 Å². The average Bonchev–Trinajstić information content (AvgIpc) is 3.20. The standard InChI is InChI=1S/C24H26F3N5O3/c1-13(15-6-5-7-16(20(15)25)21(26)27)28-22-18-11-32(24(3)8-9-31(12-24)14(2)33)19(34)10-17(18)23(35)30(4)29-22/h5-7,10-11,13,21H,8-9,12H2,1-4H3,(H,28,29)/t13-,24+/m1/s1. The lowest BCUT2D eigenvalue weighted by molar-refractivity contribution is -0.128. The van der Waals surface area contributed by atoms with Crippen LogP contribution in [0.2, 0.25) is 0 Å². The molecule has 1 saturated heterocycles. The van der Waals surface area contributed by atoms with Crippen LogP contribution in [-0.4, -0.2) is 38.2 Å². The van der Waals surface area contributed by atoms with Crippen LogP contribution in [-0.2, 0) is 17.4 Å². The van der Waals surface area contributed by atoms with Gasteiger partial charge >= 0.3 is 0 Å². The smallest absolute Gasteiger partial charge is 0.274 e. The number of fused-ring (bicyclic) bond motifs is 1. The molecule has 1 aliphatic rings. The number of aromatic nitrogens is 3. The Morgan fingerprint density at radius 3 is 2.51 bits per heavy atom. The van der Waals surface area contributed by atoms with E-state index in [4.69, 9.17) is 0 Å². The number of hydrogen-bond acceptors (Lipinski definition) is 5. The van der Waals surface area contributed by atoms with Crippen LogP contribution in [0.25, 0.3) is 10.8 Å². The van der Waals surface area contributed by atoms with Crippen molar-refractivity contribution in [1.82, 2.24) is 19.2 Å². The molecule has 1 amide bonds. The van der Waals surface area contributed by atoms with Crippen LogP contribution in [0.4, 0.5) is 19.0 Å². The summed E-state index contributed by atoms with van der Waals surface area (Å²) in [4.78, 5) is 39.3.